The lowest BCUT2D eigenvalue weighted by atomic mass is 9.90. The average molecular weight is 435 g/mol. The molecular formula is C30H17N3O. The third-order valence-corrected chi connectivity index (χ3v) is 7.56. The number of rotatable bonds is 0. The molecule has 3 aromatic heterocycles. The minimum atomic E-state index is 0.0654. The van der Waals surface area contributed by atoms with E-state index in [2.05, 4.69) is 88.6 Å². The van der Waals surface area contributed by atoms with Gasteiger partial charge in [-0.25, -0.2) is 4.99 Å². The highest BCUT2D eigenvalue weighted by atomic mass is 16.3. The Morgan fingerprint density at radius 3 is 2.59 bits per heavy atom. The van der Waals surface area contributed by atoms with Crippen LogP contribution in [0.4, 0.5) is 11.5 Å². The molecule has 0 amide bonds. The van der Waals surface area contributed by atoms with Crippen LogP contribution in [0.3, 0.4) is 0 Å². The number of nitrogens with one attached hydrogen (secondary N) is 1. The molecule has 0 saturated carbocycles. The van der Waals surface area contributed by atoms with E-state index in [0.29, 0.717) is 0 Å². The smallest absolute Gasteiger partial charge is 0.162 e. The number of para-hydroxylation sites is 2. The van der Waals surface area contributed by atoms with Gasteiger partial charge in [0.25, 0.3) is 0 Å². The number of furan rings is 1. The molecule has 1 unspecified atom stereocenters. The van der Waals surface area contributed by atoms with Gasteiger partial charge in [-0.05, 0) is 35.4 Å². The second kappa shape index (κ2) is 5.67. The molecule has 0 spiro atoms. The van der Waals surface area contributed by atoms with Gasteiger partial charge in [0.05, 0.1) is 28.5 Å². The molecule has 1 aliphatic heterocycles. The number of fused-ring (bicyclic) bond motifs is 13. The van der Waals surface area contributed by atoms with E-state index in [0.717, 1.165) is 39.3 Å². The number of aromatic nitrogens is 1. The van der Waals surface area contributed by atoms with Crippen LogP contribution in [0.5, 0.6) is 0 Å². The van der Waals surface area contributed by atoms with Crippen LogP contribution in [-0.2, 0) is 0 Å². The van der Waals surface area contributed by atoms with E-state index in [-0.39, 0.29) is 6.04 Å². The van der Waals surface area contributed by atoms with E-state index in [1.54, 1.807) is 0 Å². The zero-order valence-electron chi connectivity index (χ0n) is 18.0. The van der Waals surface area contributed by atoms with Gasteiger partial charge in [-0.15, -0.1) is 0 Å². The summed E-state index contributed by atoms with van der Waals surface area (Å²) in [6, 6.07) is 27.8. The van der Waals surface area contributed by atoms with E-state index >= 15 is 0 Å². The summed E-state index contributed by atoms with van der Waals surface area (Å²) in [6.45, 7) is 0. The summed E-state index contributed by atoms with van der Waals surface area (Å²) < 4.78 is 8.54. The Morgan fingerprint density at radius 2 is 1.59 bits per heavy atom. The number of benzene rings is 4. The monoisotopic (exact) mass is 435 g/mol. The minimum Gasteiger partial charge on any atom is -0.456 e. The van der Waals surface area contributed by atoms with Crippen molar-refractivity contribution in [3.63, 3.8) is 0 Å². The van der Waals surface area contributed by atoms with Crippen LogP contribution in [0, 0.1) is 0 Å². The normalized spacial score (nSPS) is 16.8. The van der Waals surface area contributed by atoms with Gasteiger partial charge in [-0.1, -0.05) is 66.7 Å². The molecule has 1 aliphatic carbocycles. The highest BCUT2D eigenvalue weighted by Gasteiger charge is 2.32. The summed E-state index contributed by atoms with van der Waals surface area (Å²) in [7, 11) is 0. The summed E-state index contributed by atoms with van der Waals surface area (Å²) in [4.78, 5) is 5.24. The molecule has 7 aromatic rings. The van der Waals surface area contributed by atoms with Crippen molar-refractivity contribution in [1.29, 1.82) is 0 Å². The van der Waals surface area contributed by atoms with Crippen molar-refractivity contribution >= 4 is 72.4 Å². The summed E-state index contributed by atoms with van der Waals surface area (Å²) >= 11 is 0. The van der Waals surface area contributed by atoms with Crippen molar-refractivity contribution in [2.75, 3.05) is 5.32 Å². The quantitative estimate of drug-likeness (QED) is 0.264. The first kappa shape index (κ1) is 17.0. The van der Waals surface area contributed by atoms with Crippen LogP contribution in [0.25, 0.3) is 55.2 Å². The Labute approximate surface area is 193 Å². The van der Waals surface area contributed by atoms with E-state index < -0.39 is 0 Å². The van der Waals surface area contributed by atoms with E-state index in [1.807, 2.05) is 12.1 Å². The Bertz CT molecular complexity index is 2050. The molecule has 0 radical (unpaired) electrons. The Kier molecular flexibility index (Phi) is 2.83. The molecule has 0 saturated heterocycles. The van der Waals surface area contributed by atoms with E-state index in [1.165, 1.54) is 38.2 Å². The zero-order chi connectivity index (χ0) is 22.0. The van der Waals surface area contributed by atoms with Crippen LogP contribution in [-0.4, -0.2) is 10.1 Å². The van der Waals surface area contributed by atoms with Gasteiger partial charge in [0, 0.05) is 26.9 Å². The number of nitrogens with zero attached hydrogens (tertiary/aromatic N) is 2. The molecule has 2 aliphatic rings. The molecule has 4 heterocycles. The van der Waals surface area contributed by atoms with Crippen molar-refractivity contribution in [2.24, 2.45) is 4.99 Å². The summed E-state index contributed by atoms with van der Waals surface area (Å²) in [5, 5.41) is 9.86. The maximum absolute atomic E-state index is 6.21. The van der Waals surface area contributed by atoms with E-state index in [4.69, 9.17) is 9.41 Å². The fourth-order valence-electron chi connectivity index (χ4n) is 6.15. The van der Waals surface area contributed by atoms with Gasteiger partial charge in [-0.3, -0.25) is 4.40 Å². The van der Waals surface area contributed by atoms with Crippen LogP contribution < -0.4 is 5.32 Å². The van der Waals surface area contributed by atoms with Crippen molar-refractivity contribution < 1.29 is 4.42 Å². The molecule has 1 N–H and O–H groups in total. The third kappa shape index (κ3) is 1.86. The molecular weight excluding hydrogens is 418 g/mol. The van der Waals surface area contributed by atoms with Gasteiger partial charge < -0.3 is 9.73 Å². The molecule has 158 valence electrons. The van der Waals surface area contributed by atoms with Gasteiger partial charge in [-0.2, -0.15) is 0 Å². The first-order chi connectivity index (χ1) is 16.9. The summed E-state index contributed by atoms with van der Waals surface area (Å²) in [5.74, 6) is 0.976. The summed E-state index contributed by atoms with van der Waals surface area (Å²) in [6.07, 6.45) is 4.32. The lowest BCUT2D eigenvalue weighted by molar-refractivity contribution is 0.669. The Hall–Kier alpha value is -4.57. The standard InChI is InChI=1S/C30H17N3O/c1-2-7-17-16(6-1)12-13-21-27(17)32-28-20-10-5-9-19-25-22(33(29(19)20)30(28)31-21)14-15-24-26(25)18-8-3-4-11-23(18)34-24/h1-15,27,32H. The third-order valence-electron chi connectivity index (χ3n) is 7.56. The molecule has 0 bridgehead atoms. The molecule has 1 atom stereocenters. The van der Waals surface area contributed by atoms with Crippen molar-refractivity contribution in [3.05, 3.63) is 96.1 Å². The number of hydrogen-bond acceptors (Lipinski definition) is 3. The molecule has 4 aromatic carbocycles. The number of aliphatic imine (C=N–C) groups is 1. The lowest BCUT2D eigenvalue weighted by Crippen LogP contribution is -2.25. The maximum Gasteiger partial charge on any atom is 0.162 e. The average Bonchev–Trinajstić information content (AvgIpc) is 3.53. The summed E-state index contributed by atoms with van der Waals surface area (Å²) in [5.41, 5.74) is 8.91. The predicted octanol–water partition coefficient (Wildman–Crippen LogP) is 7.85. The second-order valence-electron chi connectivity index (χ2n) is 9.24. The predicted molar refractivity (Wildman–Crippen MR) is 140 cm³/mol. The van der Waals surface area contributed by atoms with Crippen molar-refractivity contribution in [1.82, 2.24) is 4.40 Å². The first-order valence-electron chi connectivity index (χ1n) is 11.6. The largest absolute Gasteiger partial charge is 0.456 e. The fraction of sp³-hybridized carbons (Fsp3) is 0.0333. The molecule has 4 heteroatoms. The second-order valence-corrected chi connectivity index (χ2v) is 9.24. The van der Waals surface area contributed by atoms with Crippen molar-refractivity contribution in [2.45, 2.75) is 6.04 Å². The highest BCUT2D eigenvalue weighted by molar-refractivity contribution is 6.31. The lowest BCUT2D eigenvalue weighted by Gasteiger charge is -2.28. The van der Waals surface area contributed by atoms with Crippen LogP contribution in [0.2, 0.25) is 0 Å². The van der Waals surface area contributed by atoms with Crippen molar-refractivity contribution in [3.8, 4) is 0 Å². The van der Waals surface area contributed by atoms with E-state index in [9.17, 15) is 0 Å². The van der Waals surface area contributed by atoms with Gasteiger partial charge in [0.2, 0.25) is 0 Å². The Morgan fingerprint density at radius 1 is 0.735 bits per heavy atom. The molecule has 4 nitrogen and oxygen atoms in total. The maximum atomic E-state index is 6.21. The van der Waals surface area contributed by atoms with Gasteiger partial charge in [0.1, 0.15) is 11.2 Å². The Balaban J connectivity index is 1.44. The molecule has 34 heavy (non-hydrogen) atoms. The first-order valence-corrected chi connectivity index (χ1v) is 11.6. The SMILES string of the molecule is C1=Cc2ccccc2C2Nc3c(n4c5ccc6oc7ccccc7c6c5c5cccc3c54)N=C12. The van der Waals surface area contributed by atoms with Crippen LogP contribution >= 0.6 is 0 Å². The topological polar surface area (TPSA) is 41.9 Å². The fourth-order valence-corrected chi connectivity index (χ4v) is 6.15. The minimum absolute atomic E-state index is 0.0654. The van der Waals surface area contributed by atoms with Crippen LogP contribution in [0.15, 0.2) is 94.3 Å². The number of hydrogen-bond donors (Lipinski definition) is 1. The van der Waals surface area contributed by atoms with Crippen LogP contribution in [0.1, 0.15) is 17.2 Å². The molecule has 9 rings (SSSR count). The highest BCUT2D eigenvalue weighted by Crippen LogP contribution is 2.50. The molecule has 0 fully saturated rings. The number of anilines is 1. The van der Waals surface area contributed by atoms with Gasteiger partial charge >= 0.3 is 0 Å². The van der Waals surface area contributed by atoms with Gasteiger partial charge in [0.15, 0.2) is 5.82 Å². The zero-order valence-corrected chi connectivity index (χ0v) is 18.0.